The predicted molar refractivity (Wildman–Crippen MR) is 102 cm³/mol. The van der Waals surface area contributed by atoms with Gasteiger partial charge in [0.2, 0.25) is 0 Å². The summed E-state index contributed by atoms with van der Waals surface area (Å²) >= 11 is 0. The summed E-state index contributed by atoms with van der Waals surface area (Å²) in [6.45, 7) is 7.72. The molecule has 0 bridgehead atoms. The quantitative estimate of drug-likeness (QED) is 0.537. The number of halogens is 1. The lowest BCUT2D eigenvalue weighted by atomic mass is 9.90. The number of hydrogen-bond donors (Lipinski definition) is 0. The lowest BCUT2D eigenvalue weighted by molar-refractivity contribution is 0.619. The van der Waals surface area contributed by atoms with Crippen molar-refractivity contribution in [1.82, 2.24) is 4.98 Å². The van der Waals surface area contributed by atoms with Crippen molar-refractivity contribution >= 4 is 0 Å². The van der Waals surface area contributed by atoms with Crippen LogP contribution in [0.2, 0.25) is 0 Å². The third kappa shape index (κ3) is 3.46. The van der Waals surface area contributed by atoms with E-state index < -0.39 is 0 Å². The Morgan fingerprint density at radius 2 is 1.56 bits per heavy atom. The molecular weight excluding hydrogens is 309 g/mol. The van der Waals surface area contributed by atoms with Crippen LogP contribution in [0.4, 0.5) is 4.39 Å². The average molecular weight is 329 g/mol. The minimum absolute atomic E-state index is 0.177. The third-order valence-corrected chi connectivity index (χ3v) is 4.36. The molecule has 1 aromatic heterocycles. The molecule has 25 heavy (non-hydrogen) atoms. The van der Waals surface area contributed by atoms with Crippen LogP contribution < -0.4 is 0 Å². The van der Waals surface area contributed by atoms with Crippen LogP contribution in [0.15, 0.2) is 48.7 Å². The summed E-state index contributed by atoms with van der Waals surface area (Å²) < 4.78 is 14.0. The smallest absolute Gasteiger partial charge is 0.126 e. The Balaban J connectivity index is 2.19. The van der Waals surface area contributed by atoms with Crippen LogP contribution in [0.25, 0.3) is 22.3 Å². The molecule has 3 rings (SSSR count). The van der Waals surface area contributed by atoms with Crippen LogP contribution in [-0.2, 0) is 0 Å². The van der Waals surface area contributed by atoms with E-state index in [-0.39, 0.29) is 5.82 Å². The Kier molecular flexibility index (Phi) is 4.67. The Morgan fingerprint density at radius 1 is 0.880 bits per heavy atom. The number of hydrogen-bond acceptors (Lipinski definition) is 1. The van der Waals surface area contributed by atoms with E-state index in [1.54, 1.807) is 26.1 Å². The van der Waals surface area contributed by atoms with Gasteiger partial charge in [-0.05, 0) is 90.8 Å². The van der Waals surface area contributed by atoms with Crippen LogP contribution in [-0.4, -0.2) is 4.98 Å². The summed E-state index contributed by atoms with van der Waals surface area (Å²) in [6, 6.07) is 13.7. The first-order valence-electron chi connectivity index (χ1n) is 8.26. The molecule has 124 valence electrons. The second kappa shape index (κ2) is 6.91. The summed E-state index contributed by atoms with van der Waals surface area (Å²) in [5, 5.41) is 0. The topological polar surface area (TPSA) is 12.9 Å². The first-order valence-corrected chi connectivity index (χ1v) is 8.26. The Morgan fingerprint density at radius 3 is 2.20 bits per heavy atom. The molecule has 0 saturated heterocycles. The van der Waals surface area contributed by atoms with Gasteiger partial charge in [0.25, 0.3) is 0 Å². The molecule has 0 fully saturated rings. The maximum Gasteiger partial charge on any atom is 0.126 e. The molecule has 2 aromatic carbocycles. The molecule has 0 amide bonds. The highest BCUT2D eigenvalue weighted by atomic mass is 19.1. The van der Waals surface area contributed by atoms with Gasteiger partial charge in [0.15, 0.2) is 0 Å². The van der Waals surface area contributed by atoms with Crippen molar-refractivity contribution in [2.75, 3.05) is 0 Å². The highest BCUT2D eigenvalue weighted by Gasteiger charge is 2.11. The predicted octanol–water partition coefficient (Wildman–Crippen LogP) is 5.85. The van der Waals surface area contributed by atoms with Gasteiger partial charge in [-0.25, -0.2) is 9.37 Å². The first kappa shape index (κ1) is 16.9. The second-order valence-electron chi connectivity index (χ2n) is 6.25. The monoisotopic (exact) mass is 329 g/mol. The molecule has 0 N–H and O–H groups in total. The normalized spacial score (nSPS) is 10.3. The average Bonchev–Trinajstić information content (AvgIpc) is 2.60. The van der Waals surface area contributed by atoms with Gasteiger partial charge in [-0.2, -0.15) is 0 Å². The van der Waals surface area contributed by atoms with Crippen molar-refractivity contribution in [1.29, 1.82) is 0 Å². The van der Waals surface area contributed by atoms with Crippen molar-refractivity contribution < 1.29 is 4.39 Å². The molecule has 0 unspecified atom stereocenters. The summed E-state index contributed by atoms with van der Waals surface area (Å²) in [4.78, 5) is 4.29. The number of pyridine rings is 1. The maximum atomic E-state index is 14.0. The van der Waals surface area contributed by atoms with Crippen molar-refractivity contribution in [2.24, 2.45) is 0 Å². The van der Waals surface area contributed by atoms with Crippen molar-refractivity contribution in [3.63, 3.8) is 0 Å². The molecule has 0 saturated carbocycles. The number of aromatic nitrogens is 1. The summed E-state index contributed by atoms with van der Waals surface area (Å²) in [6.07, 6.45) is 1.78. The van der Waals surface area contributed by atoms with Gasteiger partial charge in [-0.1, -0.05) is 30.2 Å². The van der Waals surface area contributed by atoms with Crippen LogP contribution in [0.3, 0.4) is 0 Å². The SMILES string of the molecule is CC#Cc1cc(-c2cc(C)cc(-c3ccc(C)c(F)c3)c2C)ccn1. The first-order chi connectivity index (χ1) is 12.0. The molecule has 0 aliphatic carbocycles. The fourth-order valence-corrected chi connectivity index (χ4v) is 3.01. The highest BCUT2D eigenvalue weighted by molar-refractivity contribution is 5.79. The van der Waals surface area contributed by atoms with Crippen molar-refractivity contribution in [3.8, 4) is 34.1 Å². The number of benzene rings is 2. The molecular formula is C23H20FN. The summed E-state index contributed by atoms with van der Waals surface area (Å²) in [5.74, 6) is 5.71. The zero-order chi connectivity index (χ0) is 18.0. The minimum atomic E-state index is -0.177. The van der Waals surface area contributed by atoms with E-state index in [0.29, 0.717) is 5.56 Å². The maximum absolute atomic E-state index is 14.0. The van der Waals surface area contributed by atoms with Gasteiger partial charge >= 0.3 is 0 Å². The van der Waals surface area contributed by atoms with Gasteiger partial charge in [0.1, 0.15) is 11.5 Å². The standard InChI is InChI=1S/C23H20FN/c1-5-6-20-13-19(9-10-25-20)22-12-15(2)11-21(17(22)4)18-8-7-16(3)23(24)14-18/h7-14H,1-4H3. The molecule has 1 nitrogen and oxygen atoms in total. The number of rotatable bonds is 2. The van der Waals surface area contributed by atoms with Crippen molar-refractivity contribution in [3.05, 3.63) is 76.9 Å². The van der Waals surface area contributed by atoms with Gasteiger partial charge in [-0.15, -0.1) is 0 Å². The highest BCUT2D eigenvalue weighted by Crippen LogP contribution is 2.34. The fraction of sp³-hybridized carbons (Fsp3) is 0.174. The van der Waals surface area contributed by atoms with Crippen LogP contribution in [0.5, 0.6) is 0 Å². The Labute approximate surface area is 148 Å². The van der Waals surface area contributed by atoms with Gasteiger partial charge in [0, 0.05) is 6.20 Å². The summed E-state index contributed by atoms with van der Waals surface area (Å²) in [5.41, 5.74) is 7.81. The van der Waals surface area contributed by atoms with Gasteiger partial charge in [-0.3, -0.25) is 0 Å². The fourth-order valence-electron chi connectivity index (χ4n) is 3.01. The Hall–Kier alpha value is -2.92. The van der Waals surface area contributed by atoms with E-state index in [1.807, 2.05) is 24.3 Å². The van der Waals surface area contributed by atoms with Crippen LogP contribution in [0.1, 0.15) is 29.3 Å². The van der Waals surface area contributed by atoms with E-state index >= 15 is 0 Å². The molecule has 0 radical (unpaired) electrons. The molecule has 0 spiro atoms. The van der Waals surface area contributed by atoms with E-state index in [1.165, 1.54) is 0 Å². The minimum Gasteiger partial charge on any atom is -0.248 e. The molecule has 0 atom stereocenters. The van der Waals surface area contributed by atoms with E-state index in [9.17, 15) is 4.39 Å². The lowest BCUT2D eigenvalue weighted by Crippen LogP contribution is -1.93. The zero-order valence-corrected chi connectivity index (χ0v) is 14.9. The number of nitrogens with zero attached hydrogens (tertiary/aromatic N) is 1. The second-order valence-corrected chi connectivity index (χ2v) is 6.25. The molecule has 2 heteroatoms. The molecule has 3 aromatic rings. The van der Waals surface area contributed by atoms with E-state index in [0.717, 1.165) is 39.1 Å². The zero-order valence-electron chi connectivity index (χ0n) is 14.9. The van der Waals surface area contributed by atoms with Gasteiger partial charge in [0.05, 0.1) is 0 Å². The van der Waals surface area contributed by atoms with Crippen LogP contribution >= 0.6 is 0 Å². The molecule has 0 aliphatic rings. The largest absolute Gasteiger partial charge is 0.248 e. The molecule has 0 aliphatic heterocycles. The lowest BCUT2D eigenvalue weighted by Gasteiger charge is -2.14. The molecule has 1 heterocycles. The van der Waals surface area contributed by atoms with E-state index in [2.05, 4.69) is 42.8 Å². The summed E-state index contributed by atoms with van der Waals surface area (Å²) in [7, 11) is 0. The number of aryl methyl sites for hydroxylation is 2. The van der Waals surface area contributed by atoms with Crippen molar-refractivity contribution in [2.45, 2.75) is 27.7 Å². The Bertz CT molecular complexity index is 1010. The van der Waals surface area contributed by atoms with Crippen LogP contribution in [0, 0.1) is 38.4 Å². The third-order valence-electron chi connectivity index (χ3n) is 4.36. The van der Waals surface area contributed by atoms with E-state index in [4.69, 9.17) is 0 Å². The van der Waals surface area contributed by atoms with Gasteiger partial charge < -0.3 is 0 Å².